The van der Waals surface area contributed by atoms with Gasteiger partial charge in [0.1, 0.15) is 28.8 Å². The van der Waals surface area contributed by atoms with E-state index in [2.05, 4.69) is 17.3 Å². The van der Waals surface area contributed by atoms with Crippen LogP contribution in [0.4, 0.5) is 35.1 Å². The number of aryl methyl sites for hydroxylation is 1. The number of hydrogen-bond donors (Lipinski definition) is 3. The van der Waals surface area contributed by atoms with Crippen LogP contribution >= 0.6 is 11.6 Å². The van der Waals surface area contributed by atoms with E-state index in [0.29, 0.717) is 45.1 Å². The van der Waals surface area contributed by atoms with Crippen molar-refractivity contribution in [3.05, 3.63) is 126 Å². The lowest BCUT2D eigenvalue weighted by molar-refractivity contribution is -0.118. The van der Waals surface area contributed by atoms with Crippen LogP contribution in [0.5, 0.6) is 0 Å². The van der Waals surface area contributed by atoms with Crippen molar-refractivity contribution in [2.24, 2.45) is 5.92 Å². The molecule has 0 aliphatic heterocycles. The number of halogens is 9. The van der Waals surface area contributed by atoms with Crippen molar-refractivity contribution in [2.75, 3.05) is 27.4 Å². The second kappa shape index (κ2) is 24.8. The van der Waals surface area contributed by atoms with E-state index in [1.165, 1.54) is 63.6 Å². The van der Waals surface area contributed by atoms with E-state index in [0.717, 1.165) is 22.9 Å². The molecule has 3 heterocycles. The number of unbranched alkanes of at least 4 members (excludes halogenated alkanes) is 3. The van der Waals surface area contributed by atoms with Crippen molar-refractivity contribution in [1.82, 2.24) is 29.5 Å². The zero-order chi connectivity index (χ0) is 55.2. The molecule has 75 heavy (non-hydrogen) atoms. The third kappa shape index (κ3) is 13.5. The highest BCUT2D eigenvalue weighted by Gasteiger charge is 2.51. The Kier molecular flexibility index (Phi) is 19.5. The van der Waals surface area contributed by atoms with Crippen molar-refractivity contribution >= 4 is 41.4 Å². The third-order valence-corrected chi connectivity index (χ3v) is 14.5. The van der Waals surface area contributed by atoms with Gasteiger partial charge in [-0.15, -0.1) is 0 Å². The van der Waals surface area contributed by atoms with Gasteiger partial charge in [0, 0.05) is 83.9 Å². The van der Waals surface area contributed by atoms with E-state index in [1.807, 2.05) is 6.08 Å². The number of pyridine rings is 1. The zero-order valence-electron chi connectivity index (χ0n) is 43.3. The maximum absolute atomic E-state index is 14.8. The fourth-order valence-corrected chi connectivity index (χ4v) is 10.4. The molecule has 2 atom stereocenters. The first kappa shape index (κ1) is 58.9. The van der Waals surface area contributed by atoms with Crippen molar-refractivity contribution in [2.45, 2.75) is 148 Å². The number of Topliss-reactive ketones (excluding diaryl/α,β-unsaturated/α-hetero) is 1. The molecule has 11 nitrogen and oxygen atoms in total. The number of aliphatic hydroxyl groups is 1. The molecule has 3 aromatic heterocycles. The maximum atomic E-state index is 14.8. The number of rotatable bonds is 19. The molecule has 5 aromatic rings. The van der Waals surface area contributed by atoms with E-state index in [1.54, 1.807) is 46.2 Å². The number of ketones is 1. The highest BCUT2D eigenvalue weighted by atomic mass is 35.5. The lowest BCUT2D eigenvalue weighted by Crippen LogP contribution is -2.38. The molecule has 1 fully saturated rings. The monoisotopic (exact) mass is 1070 g/mol. The summed E-state index contributed by atoms with van der Waals surface area (Å²) in [7, 11) is 4.90. The molecule has 8 rings (SSSR count). The van der Waals surface area contributed by atoms with Crippen molar-refractivity contribution < 1.29 is 49.8 Å². The zero-order valence-corrected chi connectivity index (χ0v) is 44.0. The van der Waals surface area contributed by atoms with Crippen LogP contribution in [-0.4, -0.2) is 81.5 Å². The van der Waals surface area contributed by atoms with E-state index in [9.17, 15) is 49.8 Å². The minimum absolute atomic E-state index is 0.0987. The van der Waals surface area contributed by atoms with Gasteiger partial charge < -0.3 is 20.5 Å². The average molecular weight is 1070 g/mol. The molecule has 21 heteroatoms. The summed E-state index contributed by atoms with van der Waals surface area (Å²) in [6, 6.07) is 8.33. The summed E-state index contributed by atoms with van der Waals surface area (Å²) in [6.07, 6.45) is 4.65. The van der Waals surface area contributed by atoms with E-state index < -0.39 is 76.4 Å². The first-order chi connectivity index (χ1) is 35.4. The Morgan fingerprint density at radius 3 is 2.27 bits per heavy atom. The predicted molar refractivity (Wildman–Crippen MR) is 274 cm³/mol. The lowest BCUT2D eigenvalue weighted by Gasteiger charge is -2.39. The molecule has 405 valence electrons. The van der Waals surface area contributed by atoms with Crippen LogP contribution in [0.25, 0.3) is 16.7 Å². The van der Waals surface area contributed by atoms with Crippen LogP contribution in [0.3, 0.4) is 0 Å². The smallest absolute Gasteiger partial charge is 0.292 e. The fourth-order valence-electron chi connectivity index (χ4n) is 10.1. The van der Waals surface area contributed by atoms with Crippen LogP contribution in [0.2, 0.25) is 5.02 Å². The number of nitrogens with zero attached hydrogens (tertiary/aromatic N) is 5. The second-order valence-corrected chi connectivity index (χ2v) is 20.2. The Labute approximate surface area is 437 Å². The van der Waals surface area contributed by atoms with E-state index >= 15 is 0 Å². The van der Waals surface area contributed by atoms with Gasteiger partial charge in [0.25, 0.3) is 25.3 Å². The van der Waals surface area contributed by atoms with Crippen LogP contribution in [0.15, 0.2) is 52.8 Å². The van der Waals surface area contributed by atoms with Gasteiger partial charge in [-0.2, -0.15) is 13.9 Å². The second-order valence-electron chi connectivity index (χ2n) is 19.8. The Hall–Kier alpha value is -5.31. The maximum Gasteiger partial charge on any atom is 0.292 e. The molecule has 2 aromatic carbocycles. The summed E-state index contributed by atoms with van der Waals surface area (Å²) < 4.78 is 118. The Bertz CT molecular complexity index is 2950. The number of allylic oxidation sites excluding steroid dienone is 2. The molecule has 1 saturated carbocycles. The standard InChI is InChI=1S/C36H36BClF4N5O2.C11H12F4N2O.C7H16O/c1-19-14-28(35(12-13-48)8-10-36(41,42)11-9-35)45-32-29(19)34(49)47(27-7-6-26(38)30(20(27)2)31(43)37-44-3)33(46-32)25(22-4-5-22)17-21-15-23(39)18-24(40)16-21;1-5-3-7-8(10(12)13)16-17(4-6(2)18)9(7)11(5,14)15;1-3-4-5-6-7-8-2/h4,6-7,14-16,18,25,43-44,48H,5,8-13,17H2,1-3H3;5,10H,3-4H2,1-2H3;3-7H2,1-2H3. The SMILES string of the molecule is CC(=O)Cn1nc(C(F)F)c2c1C(F)(F)C(C)C2.CCCCCCOC.CN[B]C(=N)c1c(Cl)ccc(-n2c(C(Cc3cc(F)cc(F)c3)C3=CC3)nc3nc(C4(CCO)CCC(F)(F)CC4)cc(C)c3c2=O)c1C. The molecule has 2 unspecified atom stereocenters. The highest BCUT2D eigenvalue weighted by Crippen LogP contribution is 2.49. The summed E-state index contributed by atoms with van der Waals surface area (Å²) in [6.45, 7) is 8.53. The number of nitrogens with one attached hydrogen (secondary N) is 2. The first-order valence-electron chi connectivity index (χ1n) is 25.1. The summed E-state index contributed by atoms with van der Waals surface area (Å²) >= 11 is 6.58. The summed E-state index contributed by atoms with van der Waals surface area (Å²) in [5, 5.41) is 25.5. The number of aliphatic hydroxyl groups excluding tert-OH is 1. The Balaban J connectivity index is 0.000000287. The van der Waals surface area contributed by atoms with Crippen LogP contribution in [-0.2, 0) is 40.3 Å². The first-order valence-corrected chi connectivity index (χ1v) is 25.5. The number of alkyl halides is 6. The molecule has 3 aliphatic rings. The topological polar surface area (TPSA) is 148 Å². The van der Waals surface area contributed by atoms with Crippen LogP contribution in [0, 0.1) is 36.8 Å². The van der Waals surface area contributed by atoms with Gasteiger partial charge in [0.15, 0.2) is 11.4 Å². The van der Waals surface area contributed by atoms with Gasteiger partial charge >= 0.3 is 0 Å². The number of carbonyl (C=O) groups excluding carboxylic acids is 1. The largest absolute Gasteiger partial charge is 0.396 e. The van der Waals surface area contributed by atoms with E-state index in [4.69, 9.17) is 31.7 Å². The van der Waals surface area contributed by atoms with Crippen molar-refractivity contribution in [1.29, 1.82) is 5.41 Å². The normalized spacial score (nSPS) is 17.4. The van der Waals surface area contributed by atoms with Gasteiger partial charge in [-0.3, -0.25) is 18.8 Å². The number of hydrogen-bond acceptors (Lipinski definition) is 9. The molecule has 3 N–H and O–H groups in total. The van der Waals surface area contributed by atoms with Gasteiger partial charge in [-0.05, 0) is 120 Å². The highest BCUT2D eigenvalue weighted by molar-refractivity contribution is 6.77. The third-order valence-electron chi connectivity index (χ3n) is 14.2. The van der Waals surface area contributed by atoms with Gasteiger partial charge in [0.05, 0.1) is 17.6 Å². The number of benzene rings is 2. The summed E-state index contributed by atoms with van der Waals surface area (Å²) in [4.78, 5) is 35.7. The number of ether oxygens (including phenoxy) is 1. The van der Waals surface area contributed by atoms with Gasteiger partial charge in [-0.1, -0.05) is 56.4 Å². The number of carbonyl (C=O) groups is 1. The number of fused-ring (bicyclic) bond motifs is 2. The van der Waals surface area contributed by atoms with Gasteiger partial charge in [0.2, 0.25) is 5.92 Å². The summed E-state index contributed by atoms with van der Waals surface area (Å²) in [5.74, 6) is -9.24. The molecule has 1 radical (unpaired) electrons. The number of aromatic nitrogens is 5. The molecule has 0 bridgehead atoms. The van der Waals surface area contributed by atoms with Crippen molar-refractivity contribution in [3.8, 4) is 5.69 Å². The van der Waals surface area contributed by atoms with E-state index in [-0.39, 0.29) is 79.6 Å². The molecule has 3 aliphatic carbocycles. The Morgan fingerprint density at radius 2 is 1.69 bits per heavy atom. The van der Waals surface area contributed by atoms with Gasteiger partial charge in [-0.25, -0.2) is 36.3 Å². The quantitative estimate of drug-likeness (QED) is 0.0243. The molecule has 0 spiro atoms. The molecule has 0 amide bonds. The van der Waals surface area contributed by atoms with Crippen molar-refractivity contribution in [3.63, 3.8) is 0 Å². The van der Waals surface area contributed by atoms with Crippen LogP contribution < -0.4 is 10.8 Å². The number of methoxy groups -OCH3 is 1. The molecular weight excluding hydrogens is 1010 g/mol. The predicted octanol–water partition coefficient (Wildman–Crippen LogP) is 11.9. The van der Waals surface area contributed by atoms with Crippen LogP contribution in [0.1, 0.15) is 148 Å². The fraction of sp³-hybridized carbons (Fsp3) is 0.519. The minimum Gasteiger partial charge on any atom is -0.396 e. The molecular formula is C54H64BClF8N7O4. The minimum atomic E-state index is -3.22. The average Bonchev–Trinajstić information content (AvgIpc) is 4.06. The summed E-state index contributed by atoms with van der Waals surface area (Å²) in [5.41, 5.74) is 1.40. The Morgan fingerprint density at radius 1 is 1.03 bits per heavy atom. The molecule has 0 saturated heterocycles. The lowest BCUT2D eigenvalue weighted by atomic mass is 9.68.